The van der Waals surface area contributed by atoms with E-state index in [2.05, 4.69) is 27.7 Å². The molecule has 10 rings (SSSR count). The highest BCUT2D eigenvalue weighted by Gasteiger charge is 2.69. The second kappa shape index (κ2) is 21.1. The summed E-state index contributed by atoms with van der Waals surface area (Å²) >= 11 is 0. The van der Waals surface area contributed by atoms with Crippen LogP contribution in [0, 0.1) is 52.3 Å². The zero-order valence-electron chi connectivity index (χ0n) is 41.7. The van der Waals surface area contributed by atoms with Crippen molar-refractivity contribution in [1.82, 2.24) is 0 Å². The first kappa shape index (κ1) is 54.5. The molecule has 10 fully saturated rings. The summed E-state index contributed by atoms with van der Waals surface area (Å²) in [6.45, 7) is 7.81. The lowest BCUT2D eigenvalue weighted by Crippen LogP contribution is -2.67. The Balaban J connectivity index is 0.774. The smallest absolute Gasteiger partial charge is 0.187 e. The molecule has 12 N–H and O–H groups in total. The summed E-state index contributed by atoms with van der Waals surface area (Å²) in [6.07, 6.45) is -21.9. The van der Waals surface area contributed by atoms with Crippen LogP contribution < -0.4 is 0 Å². The predicted octanol–water partition coefficient (Wildman–Crippen LogP) is -2.27. The molecule has 0 radical (unpaired) electrons. The molecule has 4 saturated carbocycles. The molecule has 31 atom stereocenters. The molecule has 4 aliphatic carbocycles. The van der Waals surface area contributed by atoms with Crippen molar-refractivity contribution in [3.8, 4) is 0 Å². The molecule has 6 aliphatic heterocycles. The number of ether oxygens (including phenoxy) is 10. The van der Waals surface area contributed by atoms with Gasteiger partial charge in [0.25, 0.3) is 0 Å². The zero-order valence-corrected chi connectivity index (χ0v) is 41.7. The van der Waals surface area contributed by atoms with Crippen LogP contribution in [0.25, 0.3) is 0 Å². The van der Waals surface area contributed by atoms with Gasteiger partial charge in [0.05, 0.1) is 45.2 Å². The van der Waals surface area contributed by atoms with E-state index >= 15 is 0 Å². The van der Waals surface area contributed by atoms with Crippen molar-refractivity contribution in [2.75, 3.05) is 33.0 Å². The second-order valence-electron chi connectivity index (χ2n) is 23.9. The topological polar surface area (TPSA) is 335 Å². The van der Waals surface area contributed by atoms with E-state index in [-0.39, 0.29) is 23.0 Å². The lowest BCUT2D eigenvalue weighted by Gasteiger charge is -2.61. The molecule has 414 valence electrons. The minimum absolute atomic E-state index is 0.108. The number of rotatable bonds is 11. The fourth-order valence-electron chi connectivity index (χ4n) is 15.8. The number of hydrogen-bond acceptors (Lipinski definition) is 22. The monoisotopic (exact) mass is 1030 g/mol. The molecular weight excluding hydrogens is 953 g/mol. The van der Waals surface area contributed by atoms with Crippen molar-refractivity contribution in [3.05, 3.63) is 0 Å². The molecule has 0 bridgehead atoms. The summed E-state index contributed by atoms with van der Waals surface area (Å²) in [5, 5.41) is 129. The van der Waals surface area contributed by atoms with E-state index in [9.17, 15) is 61.3 Å². The first-order valence-electron chi connectivity index (χ1n) is 26.7. The quantitative estimate of drug-likeness (QED) is 0.0971. The van der Waals surface area contributed by atoms with E-state index in [1.54, 1.807) is 0 Å². The third kappa shape index (κ3) is 9.36. The number of aliphatic hydroxyl groups excluding tert-OH is 12. The minimum atomic E-state index is -2.01. The van der Waals surface area contributed by atoms with Crippen molar-refractivity contribution in [1.29, 1.82) is 0 Å². The van der Waals surface area contributed by atoms with Crippen molar-refractivity contribution < 1.29 is 109 Å². The van der Waals surface area contributed by atoms with Crippen LogP contribution in [0.4, 0.5) is 0 Å². The Hall–Kier alpha value is -0.880. The average Bonchev–Trinajstić information content (AvgIpc) is 3.81. The summed E-state index contributed by atoms with van der Waals surface area (Å²) < 4.78 is 60.5. The van der Waals surface area contributed by atoms with E-state index in [0.29, 0.717) is 47.8 Å². The van der Waals surface area contributed by atoms with Gasteiger partial charge >= 0.3 is 0 Å². The van der Waals surface area contributed by atoms with Gasteiger partial charge in [0, 0.05) is 12.3 Å². The second-order valence-corrected chi connectivity index (χ2v) is 23.9. The van der Waals surface area contributed by atoms with Gasteiger partial charge in [-0.05, 0) is 104 Å². The van der Waals surface area contributed by atoms with Crippen LogP contribution in [-0.2, 0) is 47.4 Å². The van der Waals surface area contributed by atoms with Crippen LogP contribution in [-0.4, -0.2) is 229 Å². The van der Waals surface area contributed by atoms with E-state index in [1.165, 1.54) is 12.8 Å². The molecule has 0 amide bonds. The summed E-state index contributed by atoms with van der Waals surface area (Å²) in [5.41, 5.74) is 0.318. The Bertz CT molecular complexity index is 1830. The highest BCUT2D eigenvalue weighted by atomic mass is 16.8. The van der Waals surface area contributed by atoms with Crippen molar-refractivity contribution in [2.45, 2.75) is 227 Å². The highest BCUT2D eigenvalue weighted by molar-refractivity contribution is 5.15. The number of fused-ring (bicyclic) bond motifs is 7. The number of hydrogen-bond donors (Lipinski definition) is 12. The molecule has 72 heavy (non-hydrogen) atoms. The summed E-state index contributed by atoms with van der Waals surface area (Å²) in [5.74, 6) is 3.14. The molecule has 10 aliphatic rings. The van der Waals surface area contributed by atoms with Crippen LogP contribution in [0.15, 0.2) is 0 Å². The van der Waals surface area contributed by atoms with Crippen molar-refractivity contribution >= 4 is 0 Å². The molecule has 31 unspecified atom stereocenters. The van der Waals surface area contributed by atoms with Gasteiger partial charge in [-0.3, -0.25) is 0 Å². The maximum atomic E-state index is 11.6. The van der Waals surface area contributed by atoms with Gasteiger partial charge in [-0.15, -0.1) is 0 Å². The first-order valence-corrected chi connectivity index (χ1v) is 26.7. The SMILES string of the molecule is CC1CCC2(OC1)OC1CC3C4CCC5CC(OC6OC(CO)C(OC7OC(COC8OCC(O)C(O)C8O)C(OC8OC(CO)C(O)C(O)C8O)C(O)C7O)C(O)C6O)CCC5(C)C4CCC3(C)C1C2C. The van der Waals surface area contributed by atoms with Crippen molar-refractivity contribution in [3.63, 3.8) is 0 Å². The van der Waals surface area contributed by atoms with Gasteiger partial charge in [0.15, 0.2) is 30.9 Å². The Morgan fingerprint density at radius 3 is 1.82 bits per heavy atom. The predicted molar refractivity (Wildman–Crippen MR) is 242 cm³/mol. The highest BCUT2D eigenvalue weighted by Crippen LogP contribution is 2.71. The van der Waals surface area contributed by atoms with Crippen LogP contribution in [0.5, 0.6) is 0 Å². The molecule has 22 heteroatoms. The Morgan fingerprint density at radius 2 is 1.15 bits per heavy atom. The molecule has 22 nitrogen and oxygen atoms in total. The fourth-order valence-corrected chi connectivity index (χ4v) is 15.8. The van der Waals surface area contributed by atoms with Crippen LogP contribution in [0.1, 0.15) is 91.9 Å². The third-order valence-corrected chi connectivity index (χ3v) is 20.0. The Kier molecular flexibility index (Phi) is 15.9. The molecule has 1 spiro atoms. The lowest BCUT2D eigenvalue weighted by atomic mass is 9.44. The van der Waals surface area contributed by atoms with E-state index in [4.69, 9.17) is 47.4 Å². The summed E-state index contributed by atoms with van der Waals surface area (Å²) in [7, 11) is 0. The maximum absolute atomic E-state index is 11.6. The molecule has 6 saturated heterocycles. The minimum Gasteiger partial charge on any atom is -0.394 e. The fraction of sp³-hybridized carbons (Fsp3) is 1.00. The van der Waals surface area contributed by atoms with Crippen LogP contribution in [0.3, 0.4) is 0 Å². The van der Waals surface area contributed by atoms with Gasteiger partial charge in [-0.2, -0.15) is 0 Å². The largest absolute Gasteiger partial charge is 0.394 e. The van der Waals surface area contributed by atoms with Gasteiger partial charge in [-0.1, -0.05) is 27.7 Å². The average molecular weight is 1040 g/mol. The maximum Gasteiger partial charge on any atom is 0.187 e. The van der Waals surface area contributed by atoms with Gasteiger partial charge < -0.3 is 109 Å². The molecule has 6 heterocycles. The van der Waals surface area contributed by atoms with Crippen LogP contribution in [0.2, 0.25) is 0 Å². The molecule has 0 aromatic carbocycles. The first-order chi connectivity index (χ1) is 34.2. The summed E-state index contributed by atoms with van der Waals surface area (Å²) in [4.78, 5) is 0. The van der Waals surface area contributed by atoms with Gasteiger partial charge in [0.1, 0.15) is 91.6 Å². The van der Waals surface area contributed by atoms with E-state index in [0.717, 1.165) is 51.6 Å². The van der Waals surface area contributed by atoms with Gasteiger partial charge in [0.2, 0.25) is 0 Å². The molecular formula is C50H82O22. The Labute approximate surface area is 419 Å². The van der Waals surface area contributed by atoms with E-state index in [1.807, 2.05) is 0 Å². The standard InChI is InChI=1S/C50H82O22/c1-20-7-12-50(65-17-20)21(2)32-28(72-50)14-26-24-6-5-22-13-23(8-10-48(22,3)25(24)9-11-49(26,32)4)66-45-40(61)36(57)42(30(16-52)68-45)70-47-41(62)37(58)43(71-46-39(60)35(56)34(55)29(15-51)67-46)31(69-47)19-64-44-38(59)33(54)27(53)18-63-44/h20-47,51-62H,5-19H2,1-4H3. The van der Waals surface area contributed by atoms with Crippen molar-refractivity contribution in [2.24, 2.45) is 52.3 Å². The Morgan fingerprint density at radius 1 is 0.542 bits per heavy atom. The van der Waals surface area contributed by atoms with Gasteiger partial charge in [-0.25, -0.2) is 0 Å². The van der Waals surface area contributed by atoms with E-state index < -0.39 is 149 Å². The summed E-state index contributed by atoms with van der Waals surface area (Å²) in [6, 6.07) is 0. The molecule has 0 aromatic rings. The zero-order chi connectivity index (χ0) is 51.3. The lowest BCUT2D eigenvalue weighted by molar-refractivity contribution is -0.385. The molecule has 0 aromatic heterocycles. The number of aliphatic hydroxyl groups is 12. The third-order valence-electron chi connectivity index (χ3n) is 20.0. The normalized spacial score (nSPS) is 57.8. The van der Waals surface area contributed by atoms with Crippen LogP contribution >= 0.6 is 0 Å².